The van der Waals surface area contributed by atoms with Gasteiger partial charge in [0.15, 0.2) is 18.0 Å². The highest BCUT2D eigenvalue weighted by atomic mass is 16.6. The zero-order valence-electron chi connectivity index (χ0n) is 9.26. The van der Waals surface area contributed by atoms with Crippen LogP contribution in [0.1, 0.15) is 26.2 Å². The van der Waals surface area contributed by atoms with Crippen molar-refractivity contribution in [3.05, 3.63) is 24.3 Å². The number of aliphatic carboxylic acids is 1. The van der Waals surface area contributed by atoms with Gasteiger partial charge in [0.2, 0.25) is 0 Å². The number of carboxylic acids is 1. The lowest BCUT2D eigenvalue weighted by molar-refractivity contribution is -0.138. The number of allylic oxidation sites excluding steroid dienone is 4. The molecule has 0 aliphatic carbocycles. The first-order valence-corrected chi connectivity index (χ1v) is 5.34. The molecule has 2 unspecified atom stereocenters. The minimum absolute atomic E-state index is 0.158. The highest BCUT2D eigenvalue weighted by Gasteiger charge is 2.49. The second-order valence-corrected chi connectivity index (χ2v) is 3.60. The molecule has 88 valence electrons. The Kier molecular flexibility index (Phi) is 4.92. The third-order valence-electron chi connectivity index (χ3n) is 2.27. The number of hydrogen-bond donors (Lipinski definition) is 1. The second kappa shape index (κ2) is 6.23. The van der Waals surface area contributed by atoms with E-state index in [1.807, 2.05) is 19.1 Å². The SMILES string of the molecule is C/C=C/CC/C=C/CC(=O)C1OC1C(=O)O. The zero-order chi connectivity index (χ0) is 12.0. The minimum atomic E-state index is -1.06. The Morgan fingerprint density at radius 3 is 2.44 bits per heavy atom. The number of rotatable bonds is 7. The summed E-state index contributed by atoms with van der Waals surface area (Å²) in [4.78, 5) is 21.8. The fourth-order valence-electron chi connectivity index (χ4n) is 1.34. The standard InChI is InChI=1S/C12H16O4/c1-2-3-4-5-6-7-8-9(13)10-11(16-10)12(14)15/h2-3,6-7,10-11H,4-5,8H2,1H3,(H,14,15)/b3-2+,7-6+. The van der Waals surface area contributed by atoms with Gasteiger partial charge >= 0.3 is 5.97 Å². The van der Waals surface area contributed by atoms with Crippen molar-refractivity contribution >= 4 is 11.8 Å². The van der Waals surface area contributed by atoms with Crippen molar-refractivity contribution < 1.29 is 19.4 Å². The monoisotopic (exact) mass is 224 g/mol. The van der Waals surface area contributed by atoms with E-state index in [9.17, 15) is 9.59 Å². The maximum atomic E-state index is 11.4. The summed E-state index contributed by atoms with van der Waals surface area (Å²) in [7, 11) is 0. The van der Waals surface area contributed by atoms with Gasteiger partial charge in [0.1, 0.15) is 0 Å². The Labute approximate surface area is 94.6 Å². The number of carboxylic acid groups (broad SMARTS) is 1. The predicted octanol–water partition coefficient (Wildman–Crippen LogP) is 1.71. The Hall–Kier alpha value is -1.42. The molecular weight excluding hydrogens is 208 g/mol. The van der Waals surface area contributed by atoms with Crippen LogP contribution in [0.4, 0.5) is 0 Å². The highest BCUT2D eigenvalue weighted by molar-refractivity contribution is 5.94. The largest absolute Gasteiger partial charge is 0.479 e. The van der Waals surface area contributed by atoms with Crippen LogP contribution >= 0.6 is 0 Å². The normalized spacial score (nSPS) is 24.1. The molecule has 0 aromatic carbocycles. The topological polar surface area (TPSA) is 66.9 Å². The smallest absolute Gasteiger partial charge is 0.336 e. The Balaban J connectivity index is 2.14. The van der Waals surface area contributed by atoms with Crippen molar-refractivity contribution in [3.8, 4) is 0 Å². The first-order chi connectivity index (χ1) is 7.66. The maximum absolute atomic E-state index is 11.4. The quantitative estimate of drug-likeness (QED) is 0.406. The van der Waals surface area contributed by atoms with Crippen LogP contribution in [0, 0.1) is 0 Å². The summed E-state index contributed by atoms with van der Waals surface area (Å²) in [5, 5.41) is 8.54. The first kappa shape index (κ1) is 12.6. The third-order valence-corrected chi connectivity index (χ3v) is 2.27. The molecule has 0 bridgehead atoms. The number of Topliss-reactive ketones (excluding diaryl/α,β-unsaturated/α-hetero) is 1. The highest BCUT2D eigenvalue weighted by Crippen LogP contribution is 2.24. The molecule has 4 nitrogen and oxygen atoms in total. The average molecular weight is 224 g/mol. The summed E-state index contributed by atoms with van der Waals surface area (Å²) < 4.78 is 4.74. The summed E-state index contributed by atoms with van der Waals surface area (Å²) in [6.45, 7) is 1.96. The first-order valence-electron chi connectivity index (χ1n) is 5.34. The Morgan fingerprint density at radius 1 is 1.19 bits per heavy atom. The van der Waals surface area contributed by atoms with E-state index in [1.165, 1.54) is 0 Å². The summed E-state index contributed by atoms with van der Waals surface area (Å²) in [5.74, 6) is -1.22. The molecule has 1 aliphatic heterocycles. The van der Waals surface area contributed by atoms with Gasteiger partial charge in [-0.1, -0.05) is 24.3 Å². The summed E-state index contributed by atoms with van der Waals surface area (Å²) >= 11 is 0. The molecule has 0 spiro atoms. The number of carbonyl (C=O) groups excluding carboxylic acids is 1. The lowest BCUT2D eigenvalue weighted by Gasteiger charge is -1.90. The molecule has 1 N–H and O–H groups in total. The van der Waals surface area contributed by atoms with Crippen molar-refractivity contribution in [1.82, 2.24) is 0 Å². The Morgan fingerprint density at radius 2 is 1.88 bits per heavy atom. The van der Waals surface area contributed by atoms with Crippen molar-refractivity contribution in [2.75, 3.05) is 0 Å². The van der Waals surface area contributed by atoms with Crippen LogP contribution in [0.5, 0.6) is 0 Å². The van der Waals surface area contributed by atoms with Gasteiger partial charge in [-0.15, -0.1) is 0 Å². The molecule has 1 fully saturated rings. The van der Waals surface area contributed by atoms with Crippen LogP contribution in [0.25, 0.3) is 0 Å². The van der Waals surface area contributed by atoms with Crippen molar-refractivity contribution in [1.29, 1.82) is 0 Å². The maximum Gasteiger partial charge on any atom is 0.336 e. The van der Waals surface area contributed by atoms with Crippen LogP contribution in [-0.4, -0.2) is 29.1 Å². The number of ketones is 1. The number of carbonyl (C=O) groups is 2. The molecule has 1 saturated heterocycles. The number of ether oxygens (including phenoxy) is 1. The van der Waals surface area contributed by atoms with E-state index in [1.54, 1.807) is 6.08 Å². The molecular formula is C12H16O4. The Bertz CT molecular complexity index is 317. The second-order valence-electron chi connectivity index (χ2n) is 3.60. The molecule has 16 heavy (non-hydrogen) atoms. The van der Waals surface area contributed by atoms with Crippen molar-refractivity contribution in [2.45, 2.75) is 38.4 Å². The fraction of sp³-hybridized carbons (Fsp3) is 0.500. The van der Waals surface area contributed by atoms with E-state index in [0.29, 0.717) is 0 Å². The summed E-state index contributed by atoms with van der Waals surface area (Å²) in [5.41, 5.74) is 0. The van der Waals surface area contributed by atoms with Crippen molar-refractivity contribution in [2.24, 2.45) is 0 Å². The molecule has 4 heteroatoms. The number of epoxide rings is 1. The molecule has 0 amide bonds. The summed E-state index contributed by atoms with van der Waals surface area (Å²) in [6.07, 6.45) is 8.20. The van der Waals surface area contributed by atoms with Crippen molar-refractivity contribution in [3.63, 3.8) is 0 Å². The van der Waals surface area contributed by atoms with Gasteiger partial charge in [0, 0.05) is 6.42 Å². The van der Waals surface area contributed by atoms with Crippen LogP contribution in [0.2, 0.25) is 0 Å². The van der Waals surface area contributed by atoms with Gasteiger partial charge in [0.25, 0.3) is 0 Å². The summed E-state index contributed by atoms with van der Waals surface area (Å²) in [6, 6.07) is 0. The molecule has 0 aromatic heterocycles. The van der Waals surface area contributed by atoms with Gasteiger partial charge in [-0.2, -0.15) is 0 Å². The minimum Gasteiger partial charge on any atom is -0.479 e. The lowest BCUT2D eigenvalue weighted by atomic mass is 10.1. The lowest BCUT2D eigenvalue weighted by Crippen LogP contribution is -2.14. The number of hydrogen-bond acceptors (Lipinski definition) is 3. The predicted molar refractivity (Wildman–Crippen MR) is 59.1 cm³/mol. The van der Waals surface area contributed by atoms with Crippen LogP contribution in [-0.2, 0) is 14.3 Å². The zero-order valence-corrected chi connectivity index (χ0v) is 9.26. The molecule has 1 rings (SSSR count). The number of unbranched alkanes of at least 4 members (excludes halogenated alkanes) is 1. The molecule has 0 radical (unpaired) electrons. The van der Waals surface area contributed by atoms with E-state index in [4.69, 9.17) is 9.84 Å². The molecule has 2 atom stereocenters. The van der Waals surface area contributed by atoms with Crippen LogP contribution in [0.3, 0.4) is 0 Å². The third kappa shape index (κ3) is 3.98. The molecule has 0 saturated carbocycles. The van der Waals surface area contributed by atoms with E-state index in [2.05, 4.69) is 6.08 Å². The van der Waals surface area contributed by atoms with Gasteiger partial charge in [0.05, 0.1) is 0 Å². The van der Waals surface area contributed by atoms with Gasteiger partial charge < -0.3 is 9.84 Å². The average Bonchev–Trinajstić information content (AvgIpc) is 3.02. The molecule has 1 aliphatic rings. The molecule has 0 aromatic rings. The van der Waals surface area contributed by atoms with E-state index in [0.717, 1.165) is 12.8 Å². The fourth-order valence-corrected chi connectivity index (χ4v) is 1.34. The van der Waals surface area contributed by atoms with Gasteiger partial charge in [-0.3, -0.25) is 4.79 Å². The van der Waals surface area contributed by atoms with Gasteiger partial charge in [-0.05, 0) is 19.8 Å². The van der Waals surface area contributed by atoms with E-state index in [-0.39, 0.29) is 12.2 Å². The van der Waals surface area contributed by atoms with Crippen LogP contribution in [0.15, 0.2) is 24.3 Å². The molecule has 1 heterocycles. The van der Waals surface area contributed by atoms with E-state index < -0.39 is 18.2 Å². The van der Waals surface area contributed by atoms with Gasteiger partial charge in [-0.25, -0.2) is 4.79 Å². The van der Waals surface area contributed by atoms with E-state index >= 15 is 0 Å². The van der Waals surface area contributed by atoms with Crippen LogP contribution < -0.4 is 0 Å².